The minimum atomic E-state index is -0.112. The highest BCUT2D eigenvalue weighted by Gasteiger charge is 2.07. The molecular weight excluding hydrogens is 198 g/mol. The van der Waals surface area contributed by atoms with Crippen LogP contribution in [0.5, 0.6) is 0 Å². The first-order valence-corrected chi connectivity index (χ1v) is 5.11. The molecule has 82 valence electrons. The van der Waals surface area contributed by atoms with E-state index in [4.69, 9.17) is 6.42 Å². The number of carbonyl (C=O) groups excluding carboxylic acids is 1. The maximum Gasteiger partial charge on any atom is 0.247 e. The monoisotopic (exact) mass is 213 g/mol. The average Bonchev–Trinajstić information content (AvgIpc) is 2.35. The first kappa shape index (κ1) is 12.1. The number of allylic oxidation sites excluding steroid dienone is 1. The van der Waals surface area contributed by atoms with E-state index in [2.05, 4.69) is 11.2 Å². The van der Waals surface area contributed by atoms with Crippen molar-refractivity contribution in [2.75, 3.05) is 6.54 Å². The fourth-order valence-electron chi connectivity index (χ4n) is 1.34. The van der Waals surface area contributed by atoms with Crippen LogP contribution < -0.4 is 5.32 Å². The third-order valence-corrected chi connectivity index (χ3v) is 2.46. The van der Waals surface area contributed by atoms with Crippen LogP contribution in [0.3, 0.4) is 0 Å². The Morgan fingerprint density at radius 2 is 1.94 bits per heavy atom. The highest BCUT2D eigenvalue weighted by atomic mass is 16.1. The summed E-state index contributed by atoms with van der Waals surface area (Å²) in [4.78, 5) is 11.7. The molecule has 1 amide bonds. The summed E-state index contributed by atoms with van der Waals surface area (Å²) in [6, 6.07) is 9.81. The lowest BCUT2D eigenvalue weighted by atomic mass is 10.0. The van der Waals surface area contributed by atoms with Crippen molar-refractivity contribution in [2.45, 2.75) is 13.8 Å². The summed E-state index contributed by atoms with van der Waals surface area (Å²) in [6.45, 7) is 3.99. The van der Waals surface area contributed by atoms with Crippen LogP contribution in [0.15, 0.2) is 35.9 Å². The zero-order valence-corrected chi connectivity index (χ0v) is 9.58. The van der Waals surface area contributed by atoms with Crippen LogP contribution in [0, 0.1) is 12.3 Å². The molecule has 1 aromatic rings. The standard InChI is InChI=1S/C14H15NO/c1-4-10-15-14(16)12(3)11(2)13-8-6-5-7-9-13/h1,5-9H,10H2,2-3H3,(H,15,16). The van der Waals surface area contributed by atoms with E-state index in [1.807, 2.05) is 37.3 Å². The van der Waals surface area contributed by atoms with E-state index in [1.165, 1.54) is 0 Å². The predicted molar refractivity (Wildman–Crippen MR) is 66.6 cm³/mol. The van der Waals surface area contributed by atoms with Gasteiger partial charge >= 0.3 is 0 Å². The second kappa shape index (κ2) is 5.77. The second-order valence-electron chi connectivity index (χ2n) is 3.50. The zero-order valence-electron chi connectivity index (χ0n) is 9.58. The lowest BCUT2D eigenvalue weighted by Crippen LogP contribution is -2.24. The van der Waals surface area contributed by atoms with Crippen molar-refractivity contribution in [3.63, 3.8) is 0 Å². The molecule has 16 heavy (non-hydrogen) atoms. The summed E-state index contributed by atoms with van der Waals surface area (Å²) in [5.74, 6) is 2.27. The van der Waals surface area contributed by atoms with Crippen molar-refractivity contribution in [3.8, 4) is 12.3 Å². The SMILES string of the molecule is C#CCNC(=O)C(C)=C(C)c1ccccc1. The number of rotatable bonds is 3. The Hall–Kier alpha value is -2.01. The van der Waals surface area contributed by atoms with Gasteiger partial charge in [-0.05, 0) is 25.0 Å². The van der Waals surface area contributed by atoms with Crippen molar-refractivity contribution in [2.24, 2.45) is 0 Å². The molecule has 0 fully saturated rings. The Kier molecular flexibility index (Phi) is 4.35. The Balaban J connectivity index is 2.89. The van der Waals surface area contributed by atoms with Gasteiger partial charge in [-0.25, -0.2) is 0 Å². The van der Waals surface area contributed by atoms with Crippen molar-refractivity contribution in [1.29, 1.82) is 0 Å². The van der Waals surface area contributed by atoms with Gasteiger partial charge in [-0.1, -0.05) is 36.3 Å². The fraction of sp³-hybridized carbons (Fsp3) is 0.214. The molecule has 0 saturated carbocycles. The van der Waals surface area contributed by atoms with Gasteiger partial charge < -0.3 is 5.32 Å². The molecule has 0 saturated heterocycles. The highest BCUT2D eigenvalue weighted by molar-refractivity contribution is 6.00. The van der Waals surface area contributed by atoms with Gasteiger partial charge in [0.1, 0.15) is 0 Å². The molecule has 0 radical (unpaired) electrons. The molecule has 1 rings (SSSR count). The van der Waals surface area contributed by atoms with Crippen molar-refractivity contribution >= 4 is 11.5 Å². The Morgan fingerprint density at radius 1 is 1.31 bits per heavy atom. The Labute approximate surface area is 96.4 Å². The molecule has 0 bridgehead atoms. The van der Waals surface area contributed by atoms with E-state index in [-0.39, 0.29) is 12.5 Å². The first-order valence-electron chi connectivity index (χ1n) is 5.11. The van der Waals surface area contributed by atoms with E-state index < -0.39 is 0 Å². The van der Waals surface area contributed by atoms with Crippen LogP contribution in [-0.2, 0) is 4.79 Å². The molecule has 2 nitrogen and oxygen atoms in total. The third-order valence-electron chi connectivity index (χ3n) is 2.46. The molecule has 0 heterocycles. The van der Waals surface area contributed by atoms with Gasteiger partial charge in [-0.3, -0.25) is 4.79 Å². The number of terminal acetylenes is 1. The minimum Gasteiger partial charge on any atom is -0.341 e. The topological polar surface area (TPSA) is 29.1 Å². The molecule has 1 aromatic carbocycles. The normalized spacial score (nSPS) is 11.3. The summed E-state index contributed by atoms with van der Waals surface area (Å²) in [7, 11) is 0. The summed E-state index contributed by atoms with van der Waals surface area (Å²) in [5, 5.41) is 2.65. The number of carbonyl (C=O) groups is 1. The van der Waals surface area contributed by atoms with Crippen molar-refractivity contribution < 1.29 is 4.79 Å². The molecule has 1 N–H and O–H groups in total. The van der Waals surface area contributed by atoms with E-state index in [0.29, 0.717) is 5.57 Å². The van der Waals surface area contributed by atoms with Gasteiger partial charge in [0.2, 0.25) is 5.91 Å². The van der Waals surface area contributed by atoms with Gasteiger partial charge in [-0.2, -0.15) is 0 Å². The van der Waals surface area contributed by atoms with E-state index in [0.717, 1.165) is 11.1 Å². The summed E-state index contributed by atoms with van der Waals surface area (Å²) < 4.78 is 0. The first-order chi connectivity index (χ1) is 7.66. The molecule has 0 unspecified atom stereocenters. The summed E-state index contributed by atoms with van der Waals surface area (Å²) in [5.41, 5.74) is 2.72. The fourth-order valence-corrected chi connectivity index (χ4v) is 1.34. The highest BCUT2D eigenvalue weighted by Crippen LogP contribution is 2.17. The van der Waals surface area contributed by atoms with Crippen LogP contribution in [0.4, 0.5) is 0 Å². The van der Waals surface area contributed by atoms with Gasteiger partial charge in [0, 0.05) is 5.57 Å². The van der Waals surface area contributed by atoms with Crippen LogP contribution in [0.2, 0.25) is 0 Å². The number of benzene rings is 1. The van der Waals surface area contributed by atoms with E-state index in [9.17, 15) is 4.79 Å². The maximum absolute atomic E-state index is 11.7. The molecule has 0 aromatic heterocycles. The smallest absolute Gasteiger partial charge is 0.247 e. The van der Waals surface area contributed by atoms with Gasteiger partial charge in [0.25, 0.3) is 0 Å². The second-order valence-corrected chi connectivity index (χ2v) is 3.50. The molecule has 0 aliphatic rings. The predicted octanol–water partition coefficient (Wildman–Crippen LogP) is 2.23. The van der Waals surface area contributed by atoms with Crippen LogP contribution in [-0.4, -0.2) is 12.5 Å². The Bertz CT molecular complexity index is 438. The van der Waals surface area contributed by atoms with Gasteiger partial charge in [-0.15, -0.1) is 6.42 Å². The van der Waals surface area contributed by atoms with Crippen molar-refractivity contribution in [1.82, 2.24) is 5.32 Å². The van der Waals surface area contributed by atoms with E-state index >= 15 is 0 Å². The number of hydrogen-bond donors (Lipinski definition) is 1. The van der Waals surface area contributed by atoms with Crippen LogP contribution >= 0.6 is 0 Å². The van der Waals surface area contributed by atoms with Crippen LogP contribution in [0.1, 0.15) is 19.4 Å². The van der Waals surface area contributed by atoms with Crippen molar-refractivity contribution in [3.05, 3.63) is 41.5 Å². The lowest BCUT2D eigenvalue weighted by Gasteiger charge is -2.07. The molecule has 2 heteroatoms. The Morgan fingerprint density at radius 3 is 2.50 bits per heavy atom. The summed E-state index contributed by atoms with van der Waals surface area (Å²) >= 11 is 0. The number of nitrogens with one attached hydrogen (secondary N) is 1. The number of hydrogen-bond acceptors (Lipinski definition) is 1. The maximum atomic E-state index is 11.7. The van der Waals surface area contributed by atoms with Gasteiger partial charge in [0.05, 0.1) is 6.54 Å². The largest absolute Gasteiger partial charge is 0.341 e. The van der Waals surface area contributed by atoms with Gasteiger partial charge in [0.15, 0.2) is 0 Å². The molecule has 0 spiro atoms. The third kappa shape index (κ3) is 2.99. The average molecular weight is 213 g/mol. The zero-order chi connectivity index (χ0) is 12.0. The molecule has 0 aliphatic heterocycles. The minimum absolute atomic E-state index is 0.112. The summed E-state index contributed by atoms with van der Waals surface area (Å²) in [6.07, 6.45) is 5.08. The molecular formula is C14H15NO. The molecule has 0 aliphatic carbocycles. The van der Waals surface area contributed by atoms with Crippen LogP contribution in [0.25, 0.3) is 5.57 Å². The van der Waals surface area contributed by atoms with E-state index in [1.54, 1.807) is 6.92 Å². The number of amides is 1. The quantitative estimate of drug-likeness (QED) is 0.605. The molecule has 0 atom stereocenters. The lowest BCUT2D eigenvalue weighted by molar-refractivity contribution is -0.117.